The van der Waals surface area contributed by atoms with E-state index >= 15 is 0 Å². The molecule has 136 valence electrons. The second-order valence-corrected chi connectivity index (χ2v) is 6.58. The number of H-pyrrole nitrogens is 2. The number of amides is 1. The van der Waals surface area contributed by atoms with Crippen LogP contribution in [0.25, 0.3) is 11.0 Å². The molecule has 0 unspecified atom stereocenters. The van der Waals surface area contributed by atoms with Gasteiger partial charge in [0.1, 0.15) is 6.10 Å². The van der Waals surface area contributed by atoms with E-state index in [-0.39, 0.29) is 23.7 Å². The zero-order chi connectivity index (χ0) is 17.8. The van der Waals surface area contributed by atoms with Crippen molar-refractivity contribution in [1.82, 2.24) is 15.3 Å². The molecule has 0 aliphatic carbocycles. The average molecular weight is 347 g/mol. The molecule has 3 atom stereocenters. The maximum atomic E-state index is 12.3. The molecule has 2 heterocycles. The Bertz CT molecular complexity index is 776. The summed E-state index contributed by atoms with van der Waals surface area (Å²) in [4.78, 5) is 29.1. The first-order chi connectivity index (χ1) is 12.0. The van der Waals surface area contributed by atoms with Crippen LogP contribution in [0, 0.1) is 0 Å². The fraction of sp³-hybridized carbons (Fsp3) is 0.556. The smallest absolute Gasteiger partial charge is 0.323 e. The van der Waals surface area contributed by atoms with E-state index in [2.05, 4.69) is 15.3 Å². The summed E-state index contributed by atoms with van der Waals surface area (Å²) in [6.45, 7) is 4.87. The molecule has 1 saturated heterocycles. The summed E-state index contributed by atoms with van der Waals surface area (Å²) in [5.41, 5.74) is 2.15. The van der Waals surface area contributed by atoms with Crippen LogP contribution in [0.1, 0.15) is 44.7 Å². The SMILES string of the molecule is C[C@H](OC[C@H]1CCCCO1)C(=O)N[C@H](C)c1ccc2[nH]c(=O)[nH]c2c1. The molecule has 0 radical (unpaired) electrons. The Kier molecular flexibility index (Phi) is 5.55. The number of imidazole rings is 1. The number of rotatable bonds is 6. The number of carbonyl (C=O) groups excluding carboxylic acids is 1. The fourth-order valence-corrected chi connectivity index (χ4v) is 3.00. The predicted molar refractivity (Wildman–Crippen MR) is 94.5 cm³/mol. The number of ether oxygens (including phenoxy) is 2. The highest BCUT2D eigenvalue weighted by Gasteiger charge is 2.20. The Balaban J connectivity index is 1.53. The van der Waals surface area contributed by atoms with Crippen LogP contribution < -0.4 is 11.0 Å². The summed E-state index contributed by atoms with van der Waals surface area (Å²) >= 11 is 0. The highest BCUT2D eigenvalue weighted by Crippen LogP contribution is 2.18. The third-order valence-corrected chi connectivity index (χ3v) is 4.57. The Labute approximate surface area is 146 Å². The Morgan fingerprint density at radius 2 is 2.12 bits per heavy atom. The maximum absolute atomic E-state index is 12.3. The predicted octanol–water partition coefficient (Wildman–Crippen LogP) is 2.01. The third-order valence-electron chi connectivity index (χ3n) is 4.57. The molecule has 1 fully saturated rings. The monoisotopic (exact) mass is 347 g/mol. The van der Waals surface area contributed by atoms with Gasteiger partial charge in [0.2, 0.25) is 5.91 Å². The molecule has 1 aliphatic heterocycles. The normalized spacial score (nSPS) is 20.3. The van der Waals surface area contributed by atoms with Crippen molar-refractivity contribution in [3.8, 4) is 0 Å². The van der Waals surface area contributed by atoms with Crippen LogP contribution >= 0.6 is 0 Å². The average Bonchev–Trinajstić information content (AvgIpc) is 2.99. The van der Waals surface area contributed by atoms with Crippen molar-refractivity contribution < 1.29 is 14.3 Å². The molecule has 25 heavy (non-hydrogen) atoms. The van der Waals surface area contributed by atoms with Gasteiger partial charge in [0, 0.05) is 6.61 Å². The van der Waals surface area contributed by atoms with E-state index in [1.54, 1.807) is 6.92 Å². The van der Waals surface area contributed by atoms with E-state index in [9.17, 15) is 9.59 Å². The second-order valence-electron chi connectivity index (χ2n) is 6.58. The minimum Gasteiger partial charge on any atom is -0.376 e. The van der Waals surface area contributed by atoms with Gasteiger partial charge in [-0.05, 0) is 50.8 Å². The maximum Gasteiger partial charge on any atom is 0.323 e. The van der Waals surface area contributed by atoms with Crippen LogP contribution in [-0.4, -0.2) is 41.3 Å². The van der Waals surface area contributed by atoms with Gasteiger partial charge in [0.15, 0.2) is 0 Å². The summed E-state index contributed by atoms with van der Waals surface area (Å²) in [6, 6.07) is 5.39. The molecule has 1 aliphatic rings. The van der Waals surface area contributed by atoms with Crippen LogP contribution in [0.4, 0.5) is 0 Å². The summed E-state index contributed by atoms with van der Waals surface area (Å²) in [5, 5.41) is 2.95. The standard InChI is InChI=1S/C18H25N3O4/c1-11(13-6-7-15-16(9-13)21-18(23)20-15)19-17(22)12(2)25-10-14-5-3-4-8-24-14/h6-7,9,11-12,14H,3-5,8,10H2,1-2H3,(H,19,22)(H2,20,21,23)/t11-,12+,14-/m1/s1. The number of aromatic amines is 2. The van der Waals surface area contributed by atoms with Crippen molar-refractivity contribution >= 4 is 16.9 Å². The first-order valence-electron chi connectivity index (χ1n) is 8.78. The van der Waals surface area contributed by atoms with Gasteiger partial charge < -0.3 is 24.8 Å². The Hall–Kier alpha value is -2.12. The van der Waals surface area contributed by atoms with Crippen molar-refractivity contribution in [1.29, 1.82) is 0 Å². The van der Waals surface area contributed by atoms with E-state index in [0.717, 1.165) is 42.5 Å². The number of carbonyl (C=O) groups is 1. The lowest BCUT2D eigenvalue weighted by Crippen LogP contribution is -2.38. The Morgan fingerprint density at radius 3 is 2.88 bits per heavy atom. The lowest BCUT2D eigenvalue weighted by atomic mass is 10.1. The number of nitrogens with one attached hydrogen (secondary N) is 3. The molecule has 0 saturated carbocycles. The largest absolute Gasteiger partial charge is 0.376 e. The summed E-state index contributed by atoms with van der Waals surface area (Å²) in [5.74, 6) is -0.161. The molecule has 1 amide bonds. The quantitative estimate of drug-likeness (QED) is 0.745. The first kappa shape index (κ1) is 17.7. The summed E-state index contributed by atoms with van der Waals surface area (Å²) < 4.78 is 11.3. The molecule has 0 bridgehead atoms. The molecule has 3 N–H and O–H groups in total. The van der Waals surface area contributed by atoms with Crippen LogP contribution in [-0.2, 0) is 14.3 Å². The molecule has 0 spiro atoms. The van der Waals surface area contributed by atoms with Gasteiger partial charge in [0.25, 0.3) is 0 Å². The van der Waals surface area contributed by atoms with E-state index in [0.29, 0.717) is 6.61 Å². The van der Waals surface area contributed by atoms with Crippen LogP contribution in [0.3, 0.4) is 0 Å². The molecular weight excluding hydrogens is 322 g/mol. The highest BCUT2D eigenvalue weighted by atomic mass is 16.5. The third kappa shape index (κ3) is 4.49. The fourth-order valence-electron chi connectivity index (χ4n) is 3.00. The minimum atomic E-state index is -0.538. The molecule has 3 rings (SSSR count). The van der Waals surface area contributed by atoms with Gasteiger partial charge in [-0.25, -0.2) is 4.79 Å². The topological polar surface area (TPSA) is 96.2 Å². The summed E-state index contributed by atoms with van der Waals surface area (Å²) in [6.07, 6.45) is 2.79. The van der Waals surface area contributed by atoms with Gasteiger partial charge in [-0.1, -0.05) is 6.07 Å². The molecule has 1 aromatic carbocycles. The van der Waals surface area contributed by atoms with Crippen molar-refractivity contribution in [2.24, 2.45) is 0 Å². The van der Waals surface area contributed by atoms with Gasteiger partial charge in [-0.15, -0.1) is 0 Å². The van der Waals surface area contributed by atoms with E-state index in [4.69, 9.17) is 9.47 Å². The molecule has 7 heteroatoms. The summed E-state index contributed by atoms with van der Waals surface area (Å²) in [7, 11) is 0. The van der Waals surface area contributed by atoms with E-state index in [1.807, 2.05) is 25.1 Å². The number of hydrogen-bond acceptors (Lipinski definition) is 4. The Morgan fingerprint density at radius 1 is 1.32 bits per heavy atom. The molecule has 1 aromatic heterocycles. The van der Waals surface area contributed by atoms with Gasteiger partial charge in [-0.3, -0.25) is 4.79 Å². The van der Waals surface area contributed by atoms with Crippen LogP contribution in [0.15, 0.2) is 23.0 Å². The number of hydrogen-bond donors (Lipinski definition) is 3. The first-order valence-corrected chi connectivity index (χ1v) is 8.78. The van der Waals surface area contributed by atoms with Crippen molar-refractivity contribution in [2.75, 3.05) is 13.2 Å². The molecule has 7 nitrogen and oxygen atoms in total. The van der Waals surface area contributed by atoms with Gasteiger partial charge in [0.05, 0.1) is 29.8 Å². The molecule has 2 aromatic rings. The second kappa shape index (κ2) is 7.84. The lowest BCUT2D eigenvalue weighted by Gasteiger charge is -2.24. The van der Waals surface area contributed by atoms with Crippen molar-refractivity contribution in [3.63, 3.8) is 0 Å². The molecular formula is C18H25N3O4. The number of fused-ring (bicyclic) bond motifs is 1. The van der Waals surface area contributed by atoms with Crippen molar-refractivity contribution in [2.45, 2.75) is 51.4 Å². The zero-order valence-electron chi connectivity index (χ0n) is 14.6. The number of benzene rings is 1. The van der Waals surface area contributed by atoms with E-state index < -0.39 is 6.10 Å². The minimum absolute atomic E-state index is 0.0919. The number of aromatic nitrogens is 2. The van der Waals surface area contributed by atoms with E-state index in [1.165, 1.54) is 0 Å². The lowest BCUT2D eigenvalue weighted by molar-refractivity contribution is -0.136. The highest BCUT2D eigenvalue weighted by molar-refractivity contribution is 5.81. The van der Waals surface area contributed by atoms with Gasteiger partial charge in [-0.2, -0.15) is 0 Å². The van der Waals surface area contributed by atoms with Crippen molar-refractivity contribution in [3.05, 3.63) is 34.2 Å². The zero-order valence-corrected chi connectivity index (χ0v) is 14.6. The van der Waals surface area contributed by atoms with Crippen LogP contribution in [0.2, 0.25) is 0 Å². The van der Waals surface area contributed by atoms with Gasteiger partial charge >= 0.3 is 5.69 Å². The van der Waals surface area contributed by atoms with Crippen LogP contribution in [0.5, 0.6) is 0 Å².